The molecule has 194 valence electrons. The van der Waals surface area contributed by atoms with E-state index < -0.39 is 35.4 Å². The topological polar surface area (TPSA) is 143 Å². The zero-order valence-electron chi connectivity index (χ0n) is 20.9. The van der Waals surface area contributed by atoms with Gasteiger partial charge in [0.05, 0.1) is 26.3 Å². The highest BCUT2D eigenvalue weighted by molar-refractivity contribution is 6.19. The quantitative estimate of drug-likeness (QED) is 0.494. The number of rotatable bonds is 5. The first-order valence-corrected chi connectivity index (χ1v) is 11.6. The predicted molar refractivity (Wildman–Crippen MR) is 134 cm³/mol. The maximum Gasteiger partial charge on any atom is 0.340 e. The largest absolute Gasteiger partial charge is 0.468 e. The number of aromatic nitrogens is 2. The van der Waals surface area contributed by atoms with E-state index in [1.165, 1.54) is 16.6 Å². The van der Waals surface area contributed by atoms with Crippen LogP contribution in [0, 0.1) is 6.92 Å². The van der Waals surface area contributed by atoms with E-state index in [9.17, 15) is 19.2 Å². The Hall–Kier alpha value is -4.93. The molecule has 11 heteroatoms. The number of fused-ring (bicyclic) bond motifs is 4. The fraction of sp³-hybridized carbons (Fsp3) is 0.222. The zero-order chi connectivity index (χ0) is 27.2. The Bertz CT molecular complexity index is 1580. The first-order chi connectivity index (χ1) is 18.2. The third-order valence-electron chi connectivity index (χ3n) is 6.82. The van der Waals surface area contributed by atoms with Crippen LogP contribution in [0.2, 0.25) is 0 Å². The molecule has 5 rings (SSSR count). The minimum atomic E-state index is -2.03. The van der Waals surface area contributed by atoms with Crippen molar-refractivity contribution < 1.29 is 28.6 Å². The number of aryl methyl sites for hydroxylation is 1. The highest BCUT2D eigenvalue weighted by Gasteiger charge is 2.62. The van der Waals surface area contributed by atoms with Gasteiger partial charge in [0, 0.05) is 35.4 Å². The molecule has 2 aliphatic rings. The van der Waals surface area contributed by atoms with E-state index in [0.717, 1.165) is 12.7 Å². The molecule has 0 fully saturated rings. The third kappa shape index (κ3) is 3.46. The van der Waals surface area contributed by atoms with Crippen molar-refractivity contribution in [2.24, 2.45) is 5.73 Å². The Morgan fingerprint density at radius 1 is 1.11 bits per heavy atom. The van der Waals surface area contributed by atoms with E-state index in [2.05, 4.69) is 4.98 Å². The van der Waals surface area contributed by atoms with Gasteiger partial charge < -0.3 is 24.5 Å². The number of hydrogen-bond donors (Lipinski definition) is 1. The number of hydrogen-bond acceptors (Lipinski definition) is 9. The van der Waals surface area contributed by atoms with Crippen LogP contribution in [0.5, 0.6) is 5.75 Å². The molecule has 38 heavy (non-hydrogen) atoms. The van der Waals surface area contributed by atoms with E-state index >= 15 is 0 Å². The van der Waals surface area contributed by atoms with Crippen molar-refractivity contribution in [2.45, 2.75) is 18.9 Å². The fourth-order valence-electron chi connectivity index (χ4n) is 5.16. The van der Waals surface area contributed by atoms with Crippen molar-refractivity contribution in [2.75, 3.05) is 25.7 Å². The van der Waals surface area contributed by atoms with Crippen molar-refractivity contribution in [3.63, 3.8) is 0 Å². The summed E-state index contributed by atoms with van der Waals surface area (Å²) in [6.07, 6.45) is 3.25. The van der Waals surface area contributed by atoms with Crippen LogP contribution in [0.3, 0.4) is 0 Å². The lowest BCUT2D eigenvalue weighted by Crippen LogP contribution is -2.52. The second-order valence-electron chi connectivity index (χ2n) is 8.85. The van der Waals surface area contributed by atoms with Crippen LogP contribution in [0.15, 0.2) is 71.1 Å². The van der Waals surface area contributed by atoms with Gasteiger partial charge in [-0.25, -0.2) is 4.79 Å². The molecular weight excluding hydrogens is 492 g/mol. The Morgan fingerprint density at radius 2 is 1.87 bits per heavy atom. The predicted octanol–water partition coefficient (Wildman–Crippen LogP) is 1.14. The molecule has 2 aromatic heterocycles. The zero-order valence-corrected chi connectivity index (χ0v) is 20.9. The molecule has 0 radical (unpaired) electrons. The Balaban J connectivity index is 1.86. The lowest BCUT2D eigenvalue weighted by atomic mass is 9.68. The number of ether oxygens (including phenoxy) is 3. The van der Waals surface area contributed by atoms with Crippen molar-refractivity contribution in [1.29, 1.82) is 0 Å². The number of para-hydroxylation sites is 1. The minimum absolute atomic E-state index is 0.0307. The average molecular weight is 517 g/mol. The summed E-state index contributed by atoms with van der Waals surface area (Å²) in [7, 11) is 2.34. The van der Waals surface area contributed by atoms with Gasteiger partial charge >= 0.3 is 11.9 Å². The van der Waals surface area contributed by atoms with E-state index in [4.69, 9.17) is 19.9 Å². The molecule has 0 bridgehead atoms. The first kappa shape index (κ1) is 24.8. The van der Waals surface area contributed by atoms with Gasteiger partial charge in [0.25, 0.3) is 5.56 Å². The van der Waals surface area contributed by atoms with Gasteiger partial charge in [-0.15, -0.1) is 0 Å². The van der Waals surface area contributed by atoms with Crippen LogP contribution in [0.1, 0.15) is 22.4 Å². The summed E-state index contributed by atoms with van der Waals surface area (Å²) in [6.45, 7) is 1.42. The molecule has 1 spiro atoms. The van der Waals surface area contributed by atoms with Gasteiger partial charge in [-0.2, -0.15) is 0 Å². The number of carbonyl (C=O) groups excluding carboxylic acids is 3. The molecule has 3 aromatic rings. The number of methoxy groups -OCH3 is 2. The number of amides is 1. The molecule has 1 unspecified atom stereocenters. The van der Waals surface area contributed by atoms with Crippen molar-refractivity contribution in [3.8, 4) is 5.75 Å². The van der Waals surface area contributed by atoms with Crippen LogP contribution in [-0.4, -0.2) is 48.2 Å². The second-order valence-corrected chi connectivity index (χ2v) is 8.85. The van der Waals surface area contributed by atoms with E-state index in [1.807, 2.05) is 6.07 Å². The van der Waals surface area contributed by atoms with E-state index in [1.54, 1.807) is 55.7 Å². The van der Waals surface area contributed by atoms with Gasteiger partial charge in [-0.3, -0.25) is 24.3 Å². The molecule has 2 N–H and O–H groups in total. The summed E-state index contributed by atoms with van der Waals surface area (Å²) < 4.78 is 17.1. The Morgan fingerprint density at radius 3 is 2.55 bits per heavy atom. The van der Waals surface area contributed by atoms with Crippen LogP contribution in [0.25, 0.3) is 0 Å². The fourth-order valence-corrected chi connectivity index (χ4v) is 5.16. The number of nitrogens with two attached hydrogens (primary N) is 1. The second kappa shape index (κ2) is 9.18. The number of benzene rings is 1. The molecule has 0 saturated heterocycles. The standard InChI is InChI=1S/C27H24N4O7/c1-15-11-19-21(24(33)30(15)13-16-7-6-10-29-12-16)27(22(23(28)38-19)25(34)37-3)17-8-4-5-9-18(17)31(26(27)35)14-20(32)36-2/h4-12H,13-14,28H2,1-3H3. The summed E-state index contributed by atoms with van der Waals surface area (Å²) in [4.78, 5) is 59.5. The molecule has 11 nitrogen and oxygen atoms in total. The van der Waals surface area contributed by atoms with Crippen LogP contribution >= 0.6 is 0 Å². The first-order valence-electron chi connectivity index (χ1n) is 11.6. The average Bonchev–Trinajstić information content (AvgIpc) is 3.14. The summed E-state index contributed by atoms with van der Waals surface area (Å²) >= 11 is 0. The van der Waals surface area contributed by atoms with Gasteiger partial charge in [0.15, 0.2) is 0 Å². The Labute approximate surface area is 217 Å². The van der Waals surface area contributed by atoms with Crippen LogP contribution < -0.4 is 20.9 Å². The molecule has 0 aliphatic carbocycles. The lowest BCUT2D eigenvalue weighted by Gasteiger charge is -2.35. The number of esters is 2. The van der Waals surface area contributed by atoms with Crippen LogP contribution in [-0.2, 0) is 35.8 Å². The van der Waals surface area contributed by atoms with Gasteiger partial charge in [-0.05, 0) is 24.6 Å². The normalized spacial score (nSPS) is 17.7. The third-order valence-corrected chi connectivity index (χ3v) is 6.82. The monoisotopic (exact) mass is 516 g/mol. The number of pyridine rings is 2. The van der Waals surface area contributed by atoms with E-state index in [-0.39, 0.29) is 34.9 Å². The van der Waals surface area contributed by atoms with Crippen molar-refractivity contribution >= 4 is 23.5 Å². The number of nitrogens with zero attached hydrogens (tertiary/aromatic N) is 3. The molecule has 1 atom stereocenters. The summed E-state index contributed by atoms with van der Waals surface area (Å²) in [5, 5.41) is 0. The molecule has 1 aromatic carbocycles. The van der Waals surface area contributed by atoms with Crippen molar-refractivity contribution in [3.05, 3.63) is 99.1 Å². The molecule has 2 aliphatic heterocycles. The number of anilines is 1. The minimum Gasteiger partial charge on any atom is -0.468 e. The molecule has 1 amide bonds. The summed E-state index contributed by atoms with van der Waals surface area (Å²) in [5.74, 6) is -2.72. The lowest BCUT2D eigenvalue weighted by molar-refractivity contribution is -0.140. The van der Waals surface area contributed by atoms with E-state index in [0.29, 0.717) is 11.4 Å². The maximum atomic E-state index is 14.4. The summed E-state index contributed by atoms with van der Waals surface area (Å²) in [6, 6.07) is 11.7. The number of carbonyl (C=O) groups is 3. The smallest absolute Gasteiger partial charge is 0.340 e. The Kier molecular flexibility index (Phi) is 5.98. The highest BCUT2D eigenvalue weighted by Crippen LogP contribution is 2.54. The molecule has 4 heterocycles. The van der Waals surface area contributed by atoms with Crippen molar-refractivity contribution in [1.82, 2.24) is 9.55 Å². The van der Waals surface area contributed by atoms with Gasteiger partial charge in [-0.1, -0.05) is 24.3 Å². The van der Waals surface area contributed by atoms with Crippen LogP contribution in [0.4, 0.5) is 5.69 Å². The summed E-state index contributed by atoms with van der Waals surface area (Å²) in [5.41, 5.74) is 5.10. The SMILES string of the molecule is COC(=O)CN1C(=O)C2(C(C(=O)OC)=C(N)Oc3cc(C)n(Cc4cccnc4)c(=O)c32)c2ccccc21. The molecular formula is C27H24N4O7. The van der Waals surface area contributed by atoms with Gasteiger partial charge in [0.1, 0.15) is 23.3 Å². The highest BCUT2D eigenvalue weighted by atomic mass is 16.5. The molecule has 0 saturated carbocycles. The maximum absolute atomic E-state index is 14.4. The van der Waals surface area contributed by atoms with Gasteiger partial charge in [0.2, 0.25) is 11.8 Å².